The maximum Gasteiger partial charge on any atom is 0.416 e. The number of anilines is 1. The lowest BCUT2D eigenvalue weighted by atomic mass is 9.75. The van der Waals surface area contributed by atoms with E-state index in [1.165, 1.54) is 41.9 Å². The molecule has 2 atom stereocenters. The van der Waals surface area contributed by atoms with E-state index < -0.39 is 111 Å². The molecule has 2 aliphatic heterocycles. The fraction of sp³-hybridized carbons (Fsp3) is 0.524. The smallest absolute Gasteiger partial charge is 0.416 e. The number of allylic oxidation sites excluding steroid dienone is 6. The van der Waals surface area contributed by atoms with Crippen molar-refractivity contribution in [2.45, 2.75) is 108 Å². The molecule has 65 heavy (non-hydrogen) atoms. The van der Waals surface area contributed by atoms with Gasteiger partial charge in [-0.2, -0.15) is 47.4 Å². The number of carboxylic acid groups (broad SMARTS) is 1. The quantitative estimate of drug-likeness (QED) is 0.0178. The van der Waals surface area contributed by atoms with Gasteiger partial charge in [0.1, 0.15) is 6.54 Å². The molecule has 13 nitrogen and oxygen atoms in total. The van der Waals surface area contributed by atoms with Crippen molar-refractivity contribution in [3.05, 3.63) is 94.2 Å². The average Bonchev–Trinajstić information content (AvgIpc) is 3.56. The first-order chi connectivity index (χ1) is 30.0. The van der Waals surface area contributed by atoms with Crippen molar-refractivity contribution in [3.8, 4) is 0 Å². The normalized spacial score (nSPS) is 19.9. The minimum atomic E-state index is -4.76. The summed E-state index contributed by atoms with van der Waals surface area (Å²) in [5.74, 6) is -10.8. The third-order valence-electron chi connectivity index (χ3n) is 11.7. The number of rotatable bonds is 24. The number of fused-ring (bicyclic) bond motifs is 2. The Balaban J connectivity index is 1.85. The Morgan fingerprint density at radius 1 is 0.723 bits per heavy atom. The van der Waals surface area contributed by atoms with E-state index in [1.54, 1.807) is 17.9 Å². The highest BCUT2D eigenvalue weighted by molar-refractivity contribution is 7.86. The van der Waals surface area contributed by atoms with Crippen molar-refractivity contribution >= 4 is 53.4 Å². The van der Waals surface area contributed by atoms with Crippen molar-refractivity contribution in [2.24, 2.45) is 0 Å². The van der Waals surface area contributed by atoms with Gasteiger partial charge in [-0.1, -0.05) is 37.1 Å². The summed E-state index contributed by atoms with van der Waals surface area (Å²) in [5.41, 5.74) is -3.87. The van der Waals surface area contributed by atoms with Gasteiger partial charge in [-0.05, 0) is 95.4 Å². The zero-order chi connectivity index (χ0) is 48.8. The number of hydrogen-bond donors (Lipinski definition) is 3. The highest BCUT2D eigenvalue weighted by atomic mass is 32.2. The van der Waals surface area contributed by atoms with Gasteiger partial charge >= 0.3 is 6.18 Å². The molecule has 362 valence electrons. The molecule has 4 rings (SSSR count). The molecule has 2 heterocycles. The van der Waals surface area contributed by atoms with E-state index in [1.807, 2.05) is 0 Å². The first-order valence-corrected chi connectivity index (χ1v) is 25.5. The molecule has 0 spiro atoms. The highest BCUT2D eigenvalue weighted by Crippen LogP contribution is 2.52. The van der Waals surface area contributed by atoms with Gasteiger partial charge in [0.15, 0.2) is 17.3 Å². The van der Waals surface area contributed by atoms with Crippen molar-refractivity contribution in [1.82, 2.24) is 0 Å². The number of alkyl halides is 3. The van der Waals surface area contributed by atoms with Gasteiger partial charge in [0.25, 0.3) is 36.0 Å². The zero-order valence-corrected chi connectivity index (χ0v) is 38.0. The molecule has 0 bridgehead atoms. The van der Waals surface area contributed by atoms with E-state index in [9.17, 15) is 70.8 Å². The third-order valence-corrected chi connectivity index (χ3v) is 14.1. The summed E-state index contributed by atoms with van der Waals surface area (Å²) in [7, 11) is -13.1. The Hall–Kier alpha value is -4.16. The van der Waals surface area contributed by atoms with Gasteiger partial charge in [0, 0.05) is 41.8 Å². The molecule has 2 aliphatic rings. The SMILES string of the molecule is CC1(CCCCS(=O)(=O)O)C(=CC=CC=CC2=[N+](CCCCCC(=O)[O-])c3c(F)c(F)c(F)c(F)c3C2(C)CCCCS(=O)(=O)O)N(CCCCS(=O)(=O)O)c2cc(C(F)(F)F)ccc21. The van der Waals surface area contributed by atoms with E-state index in [0.29, 0.717) is 11.3 Å². The summed E-state index contributed by atoms with van der Waals surface area (Å²) in [4.78, 5) is 12.5. The number of halogens is 7. The molecular formula is C42H51F7N2O11S3. The topological polar surface area (TPSA) is 209 Å². The van der Waals surface area contributed by atoms with E-state index >= 15 is 8.78 Å². The summed E-state index contributed by atoms with van der Waals surface area (Å²) in [6, 6.07) is 3.11. The van der Waals surface area contributed by atoms with Crippen LogP contribution < -0.4 is 10.0 Å². The Kier molecular flexibility index (Phi) is 17.4. The first-order valence-electron chi connectivity index (χ1n) is 20.6. The van der Waals surface area contributed by atoms with Crippen LogP contribution in [0.15, 0.2) is 54.3 Å². The van der Waals surface area contributed by atoms with Gasteiger partial charge in [-0.3, -0.25) is 13.7 Å². The molecule has 0 aromatic heterocycles. The van der Waals surface area contributed by atoms with Crippen LogP contribution in [0.25, 0.3) is 0 Å². The van der Waals surface area contributed by atoms with Crippen LogP contribution >= 0.6 is 0 Å². The molecular weight excluding hydrogens is 938 g/mol. The average molecular weight is 989 g/mol. The number of nitrogens with zero attached hydrogens (tertiary/aromatic N) is 2. The van der Waals surface area contributed by atoms with Crippen molar-refractivity contribution < 1.29 is 84.1 Å². The lowest BCUT2D eigenvalue weighted by Gasteiger charge is -2.30. The molecule has 2 aromatic rings. The molecule has 0 saturated heterocycles. The molecule has 0 radical (unpaired) electrons. The molecule has 0 amide bonds. The number of benzene rings is 2. The van der Waals surface area contributed by atoms with Crippen LogP contribution in [0.5, 0.6) is 0 Å². The molecule has 3 N–H and O–H groups in total. The van der Waals surface area contributed by atoms with Crippen LogP contribution in [-0.2, 0) is 52.2 Å². The Morgan fingerprint density at radius 3 is 1.83 bits per heavy atom. The van der Waals surface area contributed by atoms with Crippen molar-refractivity contribution in [1.29, 1.82) is 0 Å². The fourth-order valence-electron chi connectivity index (χ4n) is 8.58. The summed E-state index contributed by atoms with van der Waals surface area (Å²) < 4.78 is 201. The molecule has 23 heteroatoms. The third kappa shape index (κ3) is 13.7. The van der Waals surface area contributed by atoms with Crippen LogP contribution in [-0.4, -0.2) is 85.5 Å². The van der Waals surface area contributed by atoms with Gasteiger partial charge in [0.05, 0.1) is 33.8 Å². The highest BCUT2D eigenvalue weighted by Gasteiger charge is 2.53. The number of aliphatic carboxylic acids is 1. The predicted molar refractivity (Wildman–Crippen MR) is 226 cm³/mol. The van der Waals surface area contributed by atoms with Crippen molar-refractivity contribution in [3.63, 3.8) is 0 Å². The van der Waals surface area contributed by atoms with E-state index in [-0.39, 0.29) is 102 Å². The molecule has 0 fully saturated rings. The number of carbonyl (C=O) groups excluding carboxylic acids is 1. The largest absolute Gasteiger partial charge is 0.550 e. The van der Waals surface area contributed by atoms with Crippen molar-refractivity contribution in [2.75, 3.05) is 35.2 Å². The zero-order valence-electron chi connectivity index (χ0n) is 35.5. The van der Waals surface area contributed by atoms with Crippen LogP contribution in [0.4, 0.5) is 42.1 Å². The lowest BCUT2D eigenvalue weighted by Crippen LogP contribution is -2.32. The second-order valence-corrected chi connectivity index (χ2v) is 21.2. The number of unbranched alkanes of at least 4 members (excludes halogenated alkanes) is 5. The maximum absolute atomic E-state index is 15.9. The van der Waals surface area contributed by atoms with Gasteiger partial charge in [-0.25, -0.2) is 13.2 Å². The van der Waals surface area contributed by atoms with E-state index in [4.69, 9.17) is 0 Å². The minimum Gasteiger partial charge on any atom is -0.550 e. The minimum absolute atomic E-state index is 0.0115. The van der Waals surface area contributed by atoms with Crippen LogP contribution in [0.1, 0.15) is 108 Å². The molecule has 0 saturated carbocycles. The van der Waals surface area contributed by atoms with E-state index in [0.717, 1.165) is 12.1 Å². The van der Waals surface area contributed by atoms with Crippen LogP contribution in [0.2, 0.25) is 0 Å². The van der Waals surface area contributed by atoms with Gasteiger partial charge in [-0.15, -0.1) is 0 Å². The number of hydrogen-bond acceptors (Lipinski definition) is 9. The Morgan fingerprint density at radius 2 is 1.28 bits per heavy atom. The van der Waals surface area contributed by atoms with Gasteiger partial charge in [0.2, 0.25) is 11.6 Å². The summed E-state index contributed by atoms with van der Waals surface area (Å²) >= 11 is 0. The van der Waals surface area contributed by atoms with E-state index in [2.05, 4.69) is 0 Å². The Bertz CT molecular complexity index is 2580. The summed E-state index contributed by atoms with van der Waals surface area (Å²) in [5, 5.41) is 11.0. The standard InChI is InChI=1S/C42H51F7N2O11S3/c1-40(20-8-12-24-63(54,55)56)29-19-18-28(42(47,48)49)27-30(29)50(22-11-14-26-65(60,61)62)31(40)15-5-3-6-16-32-41(2,21-9-13-25-64(57,58)59)34-35(43)36(44)37(45)38(46)39(34)51(32)23-10-4-7-17-33(52)53/h3,5-6,15-16,18-19,27H,4,7-14,17,20-26H2,1-2H3,(H3-,52,53,54,55,56,57,58,59,60,61,62). The number of carbonyl (C=O) groups is 1. The number of carboxylic acids is 1. The summed E-state index contributed by atoms with van der Waals surface area (Å²) in [6.45, 7) is 2.95. The molecule has 0 aliphatic carbocycles. The lowest BCUT2D eigenvalue weighted by molar-refractivity contribution is -0.441. The van der Waals surface area contributed by atoms with Gasteiger partial charge < -0.3 is 14.8 Å². The monoisotopic (exact) mass is 988 g/mol. The Labute approximate surface area is 373 Å². The predicted octanol–water partition coefficient (Wildman–Crippen LogP) is 7.49. The van der Waals surface area contributed by atoms with Crippen LogP contribution in [0.3, 0.4) is 0 Å². The second-order valence-electron chi connectivity index (χ2n) is 16.5. The summed E-state index contributed by atoms with van der Waals surface area (Å²) in [6.07, 6.45) is 2.73. The first kappa shape index (κ1) is 53.5. The molecule has 2 unspecified atom stereocenters. The second kappa shape index (κ2) is 21.2. The molecule has 2 aromatic carbocycles. The fourth-order valence-corrected chi connectivity index (χ4v) is 10.3. The van der Waals surface area contributed by atoms with Crippen LogP contribution in [0, 0.1) is 23.3 Å². The maximum atomic E-state index is 15.9.